The van der Waals surface area contributed by atoms with Crippen molar-refractivity contribution < 1.29 is 45.2 Å². The minimum absolute atomic E-state index is 0.428. The standard InChI is InChI=1S/C29H37NO9S/c31-16-20(33)28(39-29-27(37)26(36)24(34)21(17-32)38-29)25(35)23(22-12-7-13-40-22)30(14-18-8-3-1-4-9-18)15-19-10-5-2-6-11-19/h1-13,20-21,23-29,31-37H,14-17H2/t20-,21-,23-,24+,25-,26+,27-,28-,29+/m1/s1. The van der Waals surface area contributed by atoms with Crippen molar-refractivity contribution in [3.63, 3.8) is 0 Å². The first-order valence-electron chi connectivity index (χ1n) is 13.1. The summed E-state index contributed by atoms with van der Waals surface area (Å²) in [4.78, 5) is 2.81. The van der Waals surface area contributed by atoms with E-state index in [9.17, 15) is 35.7 Å². The molecular formula is C29H37NO9S. The molecule has 0 unspecified atom stereocenters. The molecule has 0 aliphatic carbocycles. The first kappa shape index (κ1) is 30.7. The van der Waals surface area contributed by atoms with Gasteiger partial charge in [0.05, 0.1) is 19.3 Å². The number of hydrogen-bond acceptors (Lipinski definition) is 11. The first-order chi connectivity index (χ1) is 19.3. The molecular weight excluding hydrogens is 538 g/mol. The summed E-state index contributed by atoms with van der Waals surface area (Å²) in [6.07, 6.45) is -12.5. The lowest BCUT2D eigenvalue weighted by atomic mass is 9.96. The highest BCUT2D eigenvalue weighted by Gasteiger charge is 2.47. The summed E-state index contributed by atoms with van der Waals surface area (Å²) < 4.78 is 11.3. The number of ether oxygens (including phenoxy) is 2. The minimum atomic E-state index is -1.75. The molecule has 40 heavy (non-hydrogen) atoms. The molecule has 4 rings (SSSR count). The Kier molecular flexibility index (Phi) is 11.2. The van der Waals surface area contributed by atoms with Gasteiger partial charge in [-0.1, -0.05) is 66.7 Å². The van der Waals surface area contributed by atoms with Gasteiger partial charge >= 0.3 is 0 Å². The van der Waals surface area contributed by atoms with Gasteiger partial charge < -0.3 is 45.2 Å². The van der Waals surface area contributed by atoms with E-state index >= 15 is 0 Å². The molecule has 0 radical (unpaired) electrons. The Hall–Kier alpha value is -2.26. The van der Waals surface area contributed by atoms with E-state index in [4.69, 9.17) is 9.47 Å². The molecule has 7 N–H and O–H groups in total. The van der Waals surface area contributed by atoms with Crippen LogP contribution in [0.3, 0.4) is 0 Å². The van der Waals surface area contributed by atoms with E-state index in [1.165, 1.54) is 11.3 Å². The Balaban J connectivity index is 1.69. The van der Waals surface area contributed by atoms with Gasteiger partial charge in [0.1, 0.15) is 42.7 Å². The van der Waals surface area contributed by atoms with Crippen LogP contribution in [0.2, 0.25) is 0 Å². The number of nitrogens with zero attached hydrogens (tertiary/aromatic N) is 1. The fourth-order valence-electron chi connectivity index (χ4n) is 4.93. The molecule has 11 heteroatoms. The van der Waals surface area contributed by atoms with Crippen LogP contribution in [0.25, 0.3) is 0 Å². The molecule has 2 aromatic carbocycles. The van der Waals surface area contributed by atoms with Gasteiger partial charge in [0.25, 0.3) is 0 Å². The largest absolute Gasteiger partial charge is 0.394 e. The summed E-state index contributed by atoms with van der Waals surface area (Å²) in [7, 11) is 0. The van der Waals surface area contributed by atoms with Crippen molar-refractivity contribution in [3.8, 4) is 0 Å². The van der Waals surface area contributed by atoms with Crippen LogP contribution in [-0.4, -0.2) is 103 Å². The highest BCUT2D eigenvalue weighted by Crippen LogP contribution is 2.35. The van der Waals surface area contributed by atoms with E-state index in [2.05, 4.69) is 0 Å². The summed E-state index contributed by atoms with van der Waals surface area (Å²) >= 11 is 1.41. The third-order valence-corrected chi connectivity index (χ3v) is 7.99. The van der Waals surface area contributed by atoms with E-state index < -0.39 is 68.3 Å². The van der Waals surface area contributed by atoms with Crippen molar-refractivity contribution in [2.24, 2.45) is 0 Å². The maximum absolute atomic E-state index is 11.9. The fourth-order valence-corrected chi connectivity index (χ4v) is 5.83. The monoisotopic (exact) mass is 575 g/mol. The van der Waals surface area contributed by atoms with Crippen molar-refractivity contribution in [2.45, 2.75) is 68.1 Å². The molecule has 3 aromatic rings. The van der Waals surface area contributed by atoms with Crippen molar-refractivity contribution >= 4 is 11.3 Å². The molecule has 9 atom stereocenters. The zero-order valence-electron chi connectivity index (χ0n) is 21.8. The maximum atomic E-state index is 11.9. The van der Waals surface area contributed by atoms with E-state index in [1.54, 1.807) is 0 Å². The predicted octanol–water partition coefficient (Wildman–Crippen LogP) is 0.391. The summed E-state index contributed by atoms with van der Waals surface area (Å²) in [6, 6.07) is 22.4. The van der Waals surface area contributed by atoms with Crippen LogP contribution in [0.1, 0.15) is 22.0 Å². The number of aliphatic hydroxyl groups is 7. The van der Waals surface area contributed by atoms with Crippen LogP contribution in [0.15, 0.2) is 78.2 Å². The Labute approximate surface area is 236 Å². The molecule has 1 aromatic heterocycles. The Morgan fingerprint density at radius 3 is 1.90 bits per heavy atom. The van der Waals surface area contributed by atoms with Crippen LogP contribution in [0.5, 0.6) is 0 Å². The smallest absolute Gasteiger partial charge is 0.187 e. The maximum Gasteiger partial charge on any atom is 0.187 e. The quantitative estimate of drug-likeness (QED) is 0.152. The van der Waals surface area contributed by atoms with Crippen LogP contribution >= 0.6 is 11.3 Å². The lowest BCUT2D eigenvalue weighted by Crippen LogP contribution is -2.61. The third-order valence-electron chi connectivity index (χ3n) is 7.05. The van der Waals surface area contributed by atoms with Crippen LogP contribution in [0, 0.1) is 0 Å². The molecule has 1 saturated heterocycles. The summed E-state index contributed by atoms with van der Waals surface area (Å²) in [5.41, 5.74) is 1.97. The second kappa shape index (κ2) is 14.6. The van der Waals surface area contributed by atoms with Crippen molar-refractivity contribution in [2.75, 3.05) is 13.2 Å². The van der Waals surface area contributed by atoms with Gasteiger partial charge in [-0.05, 0) is 22.6 Å². The highest BCUT2D eigenvalue weighted by molar-refractivity contribution is 7.10. The second-order valence-electron chi connectivity index (χ2n) is 9.87. The van der Waals surface area contributed by atoms with Gasteiger partial charge in [-0.3, -0.25) is 4.90 Å². The number of rotatable bonds is 13. The topological polar surface area (TPSA) is 163 Å². The zero-order valence-corrected chi connectivity index (χ0v) is 22.6. The minimum Gasteiger partial charge on any atom is -0.394 e. The molecule has 0 spiro atoms. The SMILES string of the molecule is OC[C@@H](O)[C@@H](O[C@@H]1O[C@H](CO)[C@H](O)[C@H](O)[C@H]1O)[C@H](O)[C@@H](c1cccs1)N(Cc1ccccc1)Cc1ccccc1. The molecule has 1 aliphatic rings. The average molecular weight is 576 g/mol. The molecule has 0 amide bonds. The lowest BCUT2D eigenvalue weighted by Gasteiger charge is -2.44. The molecule has 10 nitrogen and oxygen atoms in total. The van der Waals surface area contributed by atoms with Gasteiger partial charge in [-0.25, -0.2) is 0 Å². The van der Waals surface area contributed by atoms with E-state index in [0.717, 1.165) is 16.0 Å². The lowest BCUT2D eigenvalue weighted by molar-refractivity contribution is -0.326. The van der Waals surface area contributed by atoms with E-state index in [0.29, 0.717) is 13.1 Å². The molecule has 2 heterocycles. The van der Waals surface area contributed by atoms with Crippen molar-refractivity contribution in [1.29, 1.82) is 0 Å². The number of hydrogen-bond donors (Lipinski definition) is 7. The van der Waals surface area contributed by atoms with Crippen LogP contribution in [0.4, 0.5) is 0 Å². The normalized spacial score (nSPS) is 26.4. The Bertz CT molecular complexity index is 1080. The Morgan fingerprint density at radius 2 is 1.40 bits per heavy atom. The van der Waals surface area contributed by atoms with Crippen LogP contribution < -0.4 is 0 Å². The van der Waals surface area contributed by atoms with Crippen molar-refractivity contribution in [3.05, 3.63) is 94.2 Å². The van der Waals surface area contributed by atoms with Gasteiger partial charge in [0.2, 0.25) is 0 Å². The number of thiophene rings is 1. The molecule has 0 saturated carbocycles. The number of aliphatic hydroxyl groups excluding tert-OH is 7. The van der Waals surface area contributed by atoms with Crippen LogP contribution in [-0.2, 0) is 22.6 Å². The van der Waals surface area contributed by atoms with Gasteiger partial charge in [-0.15, -0.1) is 11.3 Å². The molecule has 1 fully saturated rings. The second-order valence-corrected chi connectivity index (χ2v) is 10.9. The first-order valence-corrected chi connectivity index (χ1v) is 14.0. The number of benzene rings is 2. The zero-order chi connectivity index (χ0) is 28.6. The van der Waals surface area contributed by atoms with Gasteiger partial charge in [-0.2, -0.15) is 0 Å². The summed E-state index contributed by atoms with van der Waals surface area (Å²) in [5, 5.41) is 75.0. The van der Waals surface area contributed by atoms with Gasteiger partial charge in [0, 0.05) is 18.0 Å². The molecule has 218 valence electrons. The average Bonchev–Trinajstić information content (AvgIpc) is 3.51. The van der Waals surface area contributed by atoms with E-state index in [1.807, 2.05) is 83.1 Å². The third kappa shape index (κ3) is 7.32. The van der Waals surface area contributed by atoms with Gasteiger partial charge in [0.15, 0.2) is 6.29 Å². The van der Waals surface area contributed by atoms with Crippen molar-refractivity contribution in [1.82, 2.24) is 4.90 Å². The summed E-state index contributed by atoms with van der Waals surface area (Å²) in [5.74, 6) is 0. The predicted molar refractivity (Wildman–Crippen MR) is 147 cm³/mol. The molecule has 0 bridgehead atoms. The highest BCUT2D eigenvalue weighted by atomic mass is 32.1. The summed E-state index contributed by atoms with van der Waals surface area (Å²) in [6.45, 7) is -0.581. The fraction of sp³-hybridized carbons (Fsp3) is 0.448. The Morgan fingerprint density at radius 1 is 0.800 bits per heavy atom. The van der Waals surface area contributed by atoms with E-state index in [-0.39, 0.29) is 0 Å². The molecule has 1 aliphatic heterocycles.